The van der Waals surface area contributed by atoms with Crippen molar-refractivity contribution in [2.24, 2.45) is 0 Å². The number of likely N-dealkylation sites (N-methyl/N-ethyl adjacent to an activating group) is 1. The van der Waals surface area contributed by atoms with Crippen LogP contribution in [0.3, 0.4) is 0 Å². The lowest BCUT2D eigenvalue weighted by Crippen LogP contribution is -2.55. The fourth-order valence-electron chi connectivity index (χ4n) is 5.58. The number of hydrogen-bond donors (Lipinski definition) is 2. The Bertz CT molecular complexity index is 1270. The molecule has 2 saturated heterocycles. The van der Waals surface area contributed by atoms with E-state index >= 15 is 0 Å². The lowest BCUT2D eigenvalue weighted by Gasteiger charge is -2.41. The largest absolute Gasteiger partial charge is 0.465 e. The van der Waals surface area contributed by atoms with Crippen molar-refractivity contribution in [2.45, 2.75) is 44.5 Å². The number of fused-ring (bicyclic) bond motifs is 1. The number of carbonyl (C=O) groups excluding carboxylic acids is 1. The summed E-state index contributed by atoms with van der Waals surface area (Å²) < 4.78 is 11.6. The summed E-state index contributed by atoms with van der Waals surface area (Å²) in [6.07, 6.45) is 0.637. The number of likely N-dealkylation sites (tertiary alicyclic amines) is 1. The van der Waals surface area contributed by atoms with Crippen LogP contribution in [0.2, 0.25) is 0 Å². The van der Waals surface area contributed by atoms with Crippen molar-refractivity contribution in [1.29, 1.82) is 5.26 Å². The van der Waals surface area contributed by atoms with E-state index in [9.17, 15) is 20.0 Å². The Balaban J connectivity index is 1.39. The number of nitrogens with zero attached hydrogens (tertiary/aromatic N) is 7. The Kier molecular flexibility index (Phi) is 9.01. The van der Waals surface area contributed by atoms with E-state index in [4.69, 9.17) is 14.5 Å². The van der Waals surface area contributed by atoms with Gasteiger partial charge in [0.2, 0.25) is 0 Å². The van der Waals surface area contributed by atoms with Crippen molar-refractivity contribution < 1.29 is 24.2 Å². The molecule has 1 aromatic carbocycles. The van der Waals surface area contributed by atoms with Crippen LogP contribution in [0.15, 0.2) is 30.3 Å². The van der Waals surface area contributed by atoms with E-state index in [1.165, 1.54) is 4.90 Å². The first kappa shape index (κ1) is 28.4. The molecule has 0 radical (unpaired) electrons. The number of ether oxygens (including phenoxy) is 2. The molecule has 0 saturated carbocycles. The van der Waals surface area contributed by atoms with Gasteiger partial charge in [0, 0.05) is 45.3 Å². The van der Waals surface area contributed by atoms with Crippen LogP contribution in [0.5, 0.6) is 6.01 Å². The second-order valence-electron chi connectivity index (χ2n) is 10.5. The molecule has 13 nitrogen and oxygen atoms in total. The van der Waals surface area contributed by atoms with Gasteiger partial charge in [-0.1, -0.05) is 30.3 Å². The van der Waals surface area contributed by atoms with Crippen molar-refractivity contribution in [3.05, 3.63) is 41.6 Å². The van der Waals surface area contributed by atoms with E-state index in [0.29, 0.717) is 43.4 Å². The van der Waals surface area contributed by atoms with Gasteiger partial charge in [0.15, 0.2) is 5.82 Å². The highest BCUT2D eigenvalue weighted by Crippen LogP contribution is 2.35. The highest BCUT2D eigenvalue weighted by Gasteiger charge is 2.36. The molecule has 3 aliphatic rings. The molecule has 2 aromatic rings. The predicted octanol–water partition coefficient (Wildman–Crippen LogP) is 2.28. The average molecular weight is 565 g/mol. The van der Waals surface area contributed by atoms with Gasteiger partial charge in [-0.25, -0.2) is 9.59 Å². The van der Waals surface area contributed by atoms with Crippen LogP contribution < -0.4 is 19.9 Å². The van der Waals surface area contributed by atoms with Gasteiger partial charge in [0.25, 0.3) is 0 Å². The second-order valence-corrected chi connectivity index (χ2v) is 10.5. The van der Waals surface area contributed by atoms with Crippen molar-refractivity contribution in [1.82, 2.24) is 25.1 Å². The Labute approximate surface area is 239 Å². The minimum atomic E-state index is -1.10. The Hall–Kier alpha value is -4.15. The van der Waals surface area contributed by atoms with Gasteiger partial charge in [-0.05, 0) is 32.0 Å². The van der Waals surface area contributed by atoms with Crippen molar-refractivity contribution in [2.75, 3.05) is 62.7 Å². The topological polar surface area (TPSA) is 147 Å². The van der Waals surface area contributed by atoms with Gasteiger partial charge in [0.05, 0.1) is 24.2 Å². The number of hydrogen-bond acceptors (Lipinski definition) is 10. The molecule has 2 atom stereocenters. The summed E-state index contributed by atoms with van der Waals surface area (Å²) in [6, 6.07) is 11.6. The third-order valence-corrected chi connectivity index (χ3v) is 7.85. The lowest BCUT2D eigenvalue weighted by atomic mass is 10.1. The summed E-state index contributed by atoms with van der Waals surface area (Å²) in [6.45, 7) is 3.58. The van der Waals surface area contributed by atoms with Gasteiger partial charge in [-0.2, -0.15) is 15.2 Å². The number of carbonyl (C=O) groups is 2. The maximum Gasteiger partial charge on any atom is 0.412 e. The third-order valence-electron chi connectivity index (χ3n) is 7.85. The van der Waals surface area contributed by atoms with E-state index in [2.05, 4.69) is 28.3 Å². The van der Waals surface area contributed by atoms with Crippen molar-refractivity contribution in [3.8, 4) is 12.1 Å². The van der Waals surface area contributed by atoms with Crippen molar-refractivity contribution >= 4 is 23.7 Å². The summed E-state index contributed by atoms with van der Waals surface area (Å²) in [5.74, 6) is 0.427. The monoisotopic (exact) mass is 564 g/mol. The number of aromatic nitrogens is 2. The summed E-state index contributed by atoms with van der Waals surface area (Å²) in [5, 5.41) is 22.9. The maximum atomic E-state index is 13.0. The van der Waals surface area contributed by atoms with E-state index < -0.39 is 18.2 Å². The molecule has 4 heterocycles. The summed E-state index contributed by atoms with van der Waals surface area (Å²) in [4.78, 5) is 41.7. The molecule has 2 amide bonds. The predicted molar refractivity (Wildman–Crippen MR) is 150 cm³/mol. The van der Waals surface area contributed by atoms with Crippen LogP contribution in [-0.4, -0.2) is 102 Å². The minimum absolute atomic E-state index is 0.0891. The van der Waals surface area contributed by atoms with Crippen LogP contribution in [0.4, 0.5) is 21.1 Å². The second kappa shape index (κ2) is 13.0. The lowest BCUT2D eigenvalue weighted by molar-refractivity contribution is 0.0768. The van der Waals surface area contributed by atoms with E-state index in [-0.39, 0.29) is 44.7 Å². The maximum absolute atomic E-state index is 13.0. The third kappa shape index (κ3) is 6.61. The highest BCUT2D eigenvalue weighted by atomic mass is 16.6. The molecule has 2 fully saturated rings. The Morgan fingerprint density at radius 3 is 2.71 bits per heavy atom. The zero-order valence-corrected chi connectivity index (χ0v) is 23.2. The number of piperazine rings is 1. The van der Waals surface area contributed by atoms with Crippen LogP contribution >= 0.6 is 0 Å². The zero-order chi connectivity index (χ0) is 28.8. The molecule has 0 bridgehead atoms. The summed E-state index contributed by atoms with van der Waals surface area (Å²) >= 11 is 0. The number of nitriles is 1. The average Bonchev–Trinajstić information content (AvgIpc) is 3.26. The fourth-order valence-corrected chi connectivity index (χ4v) is 5.58. The fraction of sp³-hybridized carbons (Fsp3) is 0.536. The molecule has 218 valence electrons. The number of amides is 2. The molecule has 3 aliphatic heterocycles. The molecular formula is C28H36N8O5. The standard InChI is InChI=1S/C28H36N8O5/c1-33-12-5-8-22(33)19-40-26-31-23-16-30-11-13-36(27(37)38)24(23)25(32-26)34-14-15-35(21(17-34)9-10-29)28(39)41-18-20-6-3-2-4-7-20/h2-4,6-7,21-22,30H,5,8-9,11-19H2,1H3,(H,37,38). The molecule has 13 heteroatoms. The van der Waals surface area contributed by atoms with Gasteiger partial charge in [0.1, 0.15) is 18.9 Å². The molecule has 5 rings (SSSR count). The Morgan fingerprint density at radius 2 is 1.98 bits per heavy atom. The van der Waals surface area contributed by atoms with E-state index in [0.717, 1.165) is 24.9 Å². The molecule has 1 aromatic heterocycles. The quantitative estimate of drug-likeness (QED) is 0.510. The summed E-state index contributed by atoms with van der Waals surface area (Å²) in [7, 11) is 2.07. The zero-order valence-electron chi connectivity index (χ0n) is 23.2. The van der Waals surface area contributed by atoms with Crippen LogP contribution in [0.1, 0.15) is 30.5 Å². The molecule has 2 unspecified atom stereocenters. The van der Waals surface area contributed by atoms with Gasteiger partial charge >= 0.3 is 18.2 Å². The van der Waals surface area contributed by atoms with Crippen LogP contribution in [0, 0.1) is 11.3 Å². The number of carboxylic acid groups (broad SMARTS) is 1. The number of benzene rings is 1. The SMILES string of the molecule is CN1CCCC1COc1nc2c(c(N3CCN(C(=O)OCc4ccccc4)C(CC#N)C3)n1)N(C(=O)O)CCNC2. The molecule has 2 N–H and O–H groups in total. The van der Waals surface area contributed by atoms with Crippen LogP contribution in [-0.2, 0) is 17.9 Å². The minimum Gasteiger partial charge on any atom is -0.465 e. The molecule has 41 heavy (non-hydrogen) atoms. The number of nitrogens with one attached hydrogen (secondary N) is 1. The van der Waals surface area contributed by atoms with Gasteiger partial charge < -0.3 is 34.6 Å². The first-order chi connectivity index (χ1) is 19.9. The first-order valence-electron chi connectivity index (χ1n) is 14.0. The number of rotatable bonds is 7. The molecular weight excluding hydrogens is 528 g/mol. The molecule has 0 aliphatic carbocycles. The van der Waals surface area contributed by atoms with Crippen LogP contribution in [0.25, 0.3) is 0 Å². The highest BCUT2D eigenvalue weighted by molar-refractivity contribution is 5.91. The van der Waals surface area contributed by atoms with Gasteiger partial charge in [-0.3, -0.25) is 4.90 Å². The van der Waals surface area contributed by atoms with E-state index in [1.54, 1.807) is 4.90 Å². The Morgan fingerprint density at radius 1 is 1.15 bits per heavy atom. The summed E-state index contributed by atoms with van der Waals surface area (Å²) in [5.41, 5.74) is 1.81. The van der Waals surface area contributed by atoms with E-state index in [1.807, 2.05) is 35.2 Å². The smallest absolute Gasteiger partial charge is 0.412 e. The number of anilines is 2. The normalized spacial score (nSPS) is 21.1. The first-order valence-corrected chi connectivity index (χ1v) is 14.0. The van der Waals surface area contributed by atoms with Gasteiger partial charge in [-0.15, -0.1) is 0 Å². The van der Waals surface area contributed by atoms with Crippen molar-refractivity contribution in [3.63, 3.8) is 0 Å². The molecule has 0 spiro atoms.